The van der Waals surface area contributed by atoms with Crippen molar-refractivity contribution in [3.63, 3.8) is 0 Å². The molecule has 1 aromatic rings. The molecule has 2 rings (SSSR count). The number of rotatable bonds is 2. The van der Waals surface area contributed by atoms with Crippen LogP contribution in [0.2, 0.25) is 0 Å². The summed E-state index contributed by atoms with van der Waals surface area (Å²) in [6.45, 7) is 5.46. The molecule has 17 heavy (non-hydrogen) atoms. The fraction of sp³-hybridized carbons (Fsp3) is 0.833. The van der Waals surface area contributed by atoms with Gasteiger partial charge in [-0.05, 0) is 12.8 Å². The lowest BCUT2D eigenvalue weighted by molar-refractivity contribution is -0.0885. The van der Waals surface area contributed by atoms with Crippen molar-refractivity contribution in [1.82, 2.24) is 10.1 Å². The Balaban J connectivity index is 2.20. The maximum absolute atomic E-state index is 13.6. The summed E-state index contributed by atoms with van der Waals surface area (Å²) in [4.78, 5) is 4.24. The molecule has 3 nitrogen and oxygen atoms in total. The van der Waals surface area contributed by atoms with E-state index in [1.165, 1.54) is 0 Å². The molecule has 1 heterocycles. The second kappa shape index (κ2) is 4.35. The van der Waals surface area contributed by atoms with Crippen LogP contribution in [0.5, 0.6) is 0 Å². The molecule has 1 fully saturated rings. The average Bonchev–Trinajstić information content (AvgIpc) is 2.71. The SMILES string of the molecule is CC(C)c1nc([C@H]2CCCC(F)(F)[C@@H]2C)no1. The van der Waals surface area contributed by atoms with Crippen LogP contribution in [0.1, 0.15) is 63.6 Å². The van der Waals surface area contributed by atoms with Crippen molar-refractivity contribution in [1.29, 1.82) is 0 Å². The Morgan fingerprint density at radius 1 is 1.41 bits per heavy atom. The second-order valence-electron chi connectivity index (χ2n) is 5.19. The first-order chi connectivity index (χ1) is 7.92. The van der Waals surface area contributed by atoms with Gasteiger partial charge < -0.3 is 4.52 Å². The number of aromatic nitrogens is 2. The lowest BCUT2D eigenvalue weighted by atomic mass is 9.77. The van der Waals surface area contributed by atoms with Gasteiger partial charge in [0.05, 0.1) is 0 Å². The predicted molar refractivity (Wildman–Crippen MR) is 59.1 cm³/mol. The summed E-state index contributed by atoms with van der Waals surface area (Å²) >= 11 is 0. The molecule has 0 unspecified atom stereocenters. The zero-order valence-electron chi connectivity index (χ0n) is 10.4. The van der Waals surface area contributed by atoms with Crippen LogP contribution in [0, 0.1) is 5.92 Å². The minimum atomic E-state index is -2.61. The van der Waals surface area contributed by atoms with E-state index < -0.39 is 11.8 Å². The molecule has 1 aliphatic carbocycles. The molecular formula is C12H18F2N2O. The van der Waals surface area contributed by atoms with Gasteiger partial charge >= 0.3 is 0 Å². The van der Waals surface area contributed by atoms with Crippen molar-refractivity contribution >= 4 is 0 Å². The molecule has 0 N–H and O–H groups in total. The van der Waals surface area contributed by atoms with Gasteiger partial charge in [0.1, 0.15) is 0 Å². The molecule has 5 heteroatoms. The van der Waals surface area contributed by atoms with Gasteiger partial charge in [0.15, 0.2) is 5.82 Å². The fourth-order valence-electron chi connectivity index (χ4n) is 2.31. The number of nitrogens with zero attached hydrogens (tertiary/aromatic N) is 2. The first-order valence-electron chi connectivity index (χ1n) is 6.13. The number of halogens is 2. The minimum absolute atomic E-state index is 0.0282. The van der Waals surface area contributed by atoms with E-state index in [1.807, 2.05) is 13.8 Å². The van der Waals surface area contributed by atoms with Gasteiger partial charge in [-0.25, -0.2) is 8.78 Å². The van der Waals surface area contributed by atoms with Crippen LogP contribution >= 0.6 is 0 Å². The smallest absolute Gasteiger partial charge is 0.251 e. The van der Waals surface area contributed by atoms with E-state index in [0.29, 0.717) is 24.6 Å². The van der Waals surface area contributed by atoms with E-state index in [1.54, 1.807) is 6.92 Å². The molecule has 1 aliphatic rings. The minimum Gasteiger partial charge on any atom is -0.339 e. The zero-order chi connectivity index (χ0) is 12.6. The predicted octanol–water partition coefficient (Wildman–Crippen LogP) is 3.73. The average molecular weight is 244 g/mol. The molecule has 0 aliphatic heterocycles. The van der Waals surface area contributed by atoms with E-state index in [2.05, 4.69) is 10.1 Å². The van der Waals surface area contributed by atoms with Gasteiger partial charge in [0.25, 0.3) is 5.92 Å². The van der Waals surface area contributed by atoms with Gasteiger partial charge in [-0.1, -0.05) is 25.9 Å². The van der Waals surface area contributed by atoms with Crippen LogP contribution in [0.4, 0.5) is 8.78 Å². The Morgan fingerprint density at radius 2 is 2.12 bits per heavy atom. The number of hydrogen-bond donors (Lipinski definition) is 0. The van der Waals surface area contributed by atoms with Gasteiger partial charge in [-0.15, -0.1) is 0 Å². The molecule has 0 saturated heterocycles. The largest absolute Gasteiger partial charge is 0.339 e. The molecular weight excluding hydrogens is 226 g/mol. The molecule has 2 atom stereocenters. The van der Waals surface area contributed by atoms with Crippen molar-refractivity contribution in [2.24, 2.45) is 5.92 Å². The van der Waals surface area contributed by atoms with Gasteiger partial charge in [0, 0.05) is 24.2 Å². The first kappa shape index (κ1) is 12.5. The Bertz CT molecular complexity index is 390. The highest BCUT2D eigenvalue weighted by Crippen LogP contribution is 2.45. The Labute approximate surface area is 99.6 Å². The fourth-order valence-corrected chi connectivity index (χ4v) is 2.31. The molecule has 96 valence electrons. The monoisotopic (exact) mass is 244 g/mol. The maximum Gasteiger partial charge on any atom is 0.251 e. The molecule has 0 spiro atoms. The third-order valence-corrected chi connectivity index (χ3v) is 3.58. The highest BCUT2D eigenvalue weighted by Gasteiger charge is 2.46. The number of alkyl halides is 2. The molecule has 0 amide bonds. The first-order valence-corrected chi connectivity index (χ1v) is 6.13. The highest BCUT2D eigenvalue weighted by atomic mass is 19.3. The quantitative estimate of drug-likeness (QED) is 0.795. The Morgan fingerprint density at radius 3 is 2.71 bits per heavy atom. The van der Waals surface area contributed by atoms with Crippen LogP contribution in [-0.2, 0) is 0 Å². The van der Waals surface area contributed by atoms with Crippen LogP contribution in [0.3, 0.4) is 0 Å². The van der Waals surface area contributed by atoms with E-state index in [4.69, 9.17) is 4.52 Å². The summed E-state index contributed by atoms with van der Waals surface area (Å²) in [5.41, 5.74) is 0. The molecule has 0 radical (unpaired) electrons. The summed E-state index contributed by atoms with van der Waals surface area (Å²) in [7, 11) is 0. The van der Waals surface area contributed by atoms with Crippen LogP contribution in [0.25, 0.3) is 0 Å². The summed E-state index contributed by atoms with van der Waals surface area (Å²) in [6.07, 6.45) is 1.21. The van der Waals surface area contributed by atoms with E-state index >= 15 is 0 Å². The second-order valence-corrected chi connectivity index (χ2v) is 5.19. The van der Waals surface area contributed by atoms with E-state index in [-0.39, 0.29) is 18.3 Å². The van der Waals surface area contributed by atoms with Gasteiger partial charge in [0.2, 0.25) is 5.89 Å². The Hall–Kier alpha value is -1.00. The topological polar surface area (TPSA) is 38.9 Å². The number of hydrogen-bond acceptors (Lipinski definition) is 3. The van der Waals surface area contributed by atoms with Crippen molar-refractivity contribution in [2.75, 3.05) is 0 Å². The van der Waals surface area contributed by atoms with Crippen LogP contribution in [-0.4, -0.2) is 16.1 Å². The lowest BCUT2D eigenvalue weighted by Crippen LogP contribution is -2.35. The normalized spacial score (nSPS) is 28.6. The summed E-state index contributed by atoms with van der Waals surface area (Å²) in [5, 5.41) is 3.86. The third-order valence-electron chi connectivity index (χ3n) is 3.58. The third kappa shape index (κ3) is 2.33. The molecule has 0 bridgehead atoms. The van der Waals surface area contributed by atoms with E-state index in [9.17, 15) is 8.78 Å². The van der Waals surface area contributed by atoms with Gasteiger partial charge in [-0.2, -0.15) is 4.98 Å². The van der Waals surface area contributed by atoms with E-state index in [0.717, 1.165) is 0 Å². The maximum atomic E-state index is 13.6. The van der Waals surface area contributed by atoms with Crippen molar-refractivity contribution in [3.05, 3.63) is 11.7 Å². The Kier molecular flexibility index (Phi) is 3.19. The standard InChI is InChI=1S/C12H18F2N2O/c1-7(2)11-15-10(16-17-11)9-5-4-6-12(13,14)8(9)3/h7-9H,4-6H2,1-3H3/t8-,9+/m1/s1. The van der Waals surface area contributed by atoms with Gasteiger partial charge in [-0.3, -0.25) is 0 Å². The van der Waals surface area contributed by atoms with Crippen molar-refractivity contribution in [2.45, 2.75) is 57.8 Å². The summed E-state index contributed by atoms with van der Waals surface area (Å²) in [5.74, 6) is -2.50. The van der Waals surface area contributed by atoms with Crippen molar-refractivity contribution in [3.8, 4) is 0 Å². The molecule has 1 aromatic heterocycles. The highest BCUT2D eigenvalue weighted by molar-refractivity contribution is 5.04. The molecule has 0 aromatic carbocycles. The van der Waals surface area contributed by atoms with Crippen molar-refractivity contribution < 1.29 is 13.3 Å². The van der Waals surface area contributed by atoms with Crippen LogP contribution in [0.15, 0.2) is 4.52 Å². The molecule has 1 saturated carbocycles. The lowest BCUT2D eigenvalue weighted by Gasteiger charge is -2.33. The summed E-state index contributed by atoms with van der Waals surface area (Å²) < 4.78 is 32.3. The zero-order valence-corrected chi connectivity index (χ0v) is 10.4. The summed E-state index contributed by atoms with van der Waals surface area (Å²) in [6, 6.07) is 0. The van der Waals surface area contributed by atoms with Crippen LogP contribution < -0.4 is 0 Å².